The molecule has 1 aliphatic rings. The normalized spacial score (nSPS) is 19.2. The summed E-state index contributed by atoms with van der Waals surface area (Å²) in [5.74, 6) is -0.952. The second-order valence-electron chi connectivity index (χ2n) is 16.0. The monoisotopic (exact) mass is 768 g/mol. The van der Waals surface area contributed by atoms with E-state index in [4.69, 9.17) is 9.47 Å². The van der Waals surface area contributed by atoms with Gasteiger partial charge in [0.05, 0.1) is 41.8 Å². The fourth-order valence-corrected chi connectivity index (χ4v) is 9.17. The number of amides is 2. The fraction of sp³-hybridized carbons (Fsp3) is 0.698. The molecule has 1 aromatic carbocycles. The molecule has 1 aromatic heterocycles. The van der Waals surface area contributed by atoms with Crippen LogP contribution in [-0.2, 0) is 35.1 Å². The van der Waals surface area contributed by atoms with E-state index in [2.05, 4.69) is 36.3 Å². The van der Waals surface area contributed by atoms with Crippen LogP contribution in [0.5, 0.6) is 0 Å². The van der Waals surface area contributed by atoms with Gasteiger partial charge < -0.3 is 24.6 Å². The van der Waals surface area contributed by atoms with Gasteiger partial charge in [-0.1, -0.05) is 85.2 Å². The van der Waals surface area contributed by atoms with Crippen LogP contribution in [0.15, 0.2) is 41.9 Å². The molecule has 0 saturated carbocycles. The standard InChI is InChI=1S/C43H68N4O6S/c1-12-29(6)40(46(9)43(51)33(27(2)3)25-36(49)39(44-8)28(4)5)37(52-10)26-38(50)47-21-16-19-34(47)41(53-11)30(7)35(48)24-32(42-45-20-22-54-42)23-31-17-14-13-15-18-31/h13-15,17-18,20,22,27-30,32-34,37,39-41,44H,12,16,19,21,23-26H2,1-11H3/t29-,30-,32+,33+,34-,37+,39-,40-,41+/m0/s1. The topological polar surface area (TPSA) is 118 Å². The lowest BCUT2D eigenvalue weighted by Crippen LogP contribution is -2.54. The number of carbonyl (C=O) groups excluding carboxylic acids is 4. The van der Waals surface area contributed by atoms with Gasteiger partial charge in [-0.3, -0.25) is 19.2 Å². The Hall–Kier alpha value is -2.99. The number of rotatable bonds is 23. The van der Waals surface area contributed by atoms with E-state index in [1.54, 1.807) is 50.7 Å². The molecule has 2 amide bonds. The predicted octanol–water partition coefficient (Wildman–Crippen LogP) is 6.82. The highest BCUT2D eigenvalue weighted by atomic mass is 32.1. The Morgan fingerprint density at radius 1 is 0.963 bits per heavy atom. The first-order valence-electron chi connectivity index (χ1n) is 20.0. The molecule has 302 valence electrons. The molecule has 0 bridgehead atoms. The van der Waals surface area contributed by atoms with Crippen molar-refractivity contribution in [2.45, 2.75) is 130 Å². The van der Waals surface area contributed by atoms with E-state index < -0.39 is 24.0 Å². The van der Waals surface area contributed by atoms with Crippen molar-refractivity contribution in [1.29, 1.82) is 0 Å². The van der Waals surface area contributed by atoms with Gasteiger partial charge in [0, 0.05) is 70.0 Å². The number of likely N-dealkylation sites (N-methyl/N-ethyl adjacent to an activating group) is 2. The summed E-state index contributed by atoms with van der Waals surface area (Å²) in [7, 11) is 6.80. The van der Waals surface area contributed by atoms with Crippen molar-refractivity contribution in [2.24, 2.45) is 29.6 Å². The lowest BCUT2D eigenvalue weighted by Gasteiger charge is -2.41. The Morgan fingerprint density at radius 3 is 2.19 bits per heavy atom. The number of nitrogens with zero attached hydrogens (tertiary/aromatic N) is 3. The Balaban J connectivity index is 1.78. The minimum Gasteiger partial charge on any atom is -0.379 e. The molecule has 1 fully saturated rings. The number of hydrogen-bond acceptors (Lipinski definition) is 9. The summed E-state index contributed by atoms with van der Waals surface area (Å²) < 4.78 is 12.1. The van der Waals surface area contributed by atoms with Crippen LogP contribution in [0.3, 0.4) is 0 Å². The van der Waals surface area contributed by atoms with Crippen molar-refractivity contribution in [1.82, 2.24) is 20.1 Å². The molecule has 2 heterocycles. The molecular weight excluding hydrogens is 701 g/mol. The quantitative estimate of drug-likeness (QED) is 0.131. The SMILES string of the molecule is CC[C@H](C)[C@@H]([C@@H](CC(=O)N1CCC[C@H]1[C@H](OC)[C@@H](C)C(=O)C[C@@H](Cc1ccccc1)c1nccs1)OC)N(C)C(=O)[C@H](CC(=O)[C@@H](NC)C(C)C)C(C)C. The Labute approximate surface area is 329 Å². The Bertz CT molecular complexity index is 1450. The molecule has 11 heteroatoms. The highest BCUT2D eigenvalue weighted by molar-refractivity contribution is 7.09. The number of nitrogens with one attached hydrogen (secondary N) is 1. The molecule has 1 saturated heterocycles. The summed E-state index contributed by atoms with van der Waals surface area (Å²) in [4.78, 5) is 64.1. The average molecular weight is 769 g/mol. The van der Waals surface area contributed by atoms with E-state index in [-0.39, 0.29) is 78.0 Å². The zero-order valence-electron chi connectivity index (χ0n) is 34.7. The largest absolute Gasteiger partial charge is 0.379 e. The third-order valence-electron chi connectivity index (χ3n) is 11.8. The summed E-state index contributed by atoms with van der Waals surface area (Å²) in [5.41, 5.74) is 1.16. The highest BCUT2D eigenvalue weighted by Gasteiger charge is 2.43. The minimum atomic E-state index is -0.566. The number of likely N-dealkylation sites (tertiary alicyclic amines) is 1. The first-order chi connectivity index (χ1) is 25.7. The molecule has 1 N–H and O–H groups in total. The van der Waals surface area contributed by atoms with Gasteiger partial charge in [-0.05, 0) is 49.6 Å². The number of ether oxygens (including phenoxy) is 2. The number of carbonyl (C=O) groups is 4. The Kier molecular flexibility index (Phi) is 18.4. The molecule has 0 radical (unpaired) electrons. The van der Waals surface area contributed by atoms with E-state index in [1.165, 1.54) is 0 Å². The van der Waals surface area contributed by atoms with Crippen LogP contribution >= 0.6 is 11.3 Å². The van der Waals surface area contributed by atoms with Gasteiger partial charge in [0.25, 0.3) is 0 Å². The molecule has 0 unspecified atom stereocenters. The third-order valence-corrected chi connectivity index (χ3v) is 12.7. The number of methoxy groups -OCH3 is 2. The van der Waals surface area contributed by atoms with Crippen molar-refractivity contribution in [3.63, 3.8) is 0 Å². The maximum absolute atomic E-state index is 14.3. The zero-order valence-corrected chi connectivity index (χ0v) is 35.6. The van der Waals surface area contributed by atoms with E-state index in [0.717, 1.165) is 29.8 Å². The van der Waals surface area contributed by atoms with Gasteiger partial charge in [-0.25, -0.2) is 4.98 Å². The summed E-state index contributed by atoms with van der Waals surface area (Å²) in [6.45, 7) is 14.6. The van der Waals surface area contributed by atoms with E-state index in [1.807, 2.05) is 63.1 Å². The van der Waals surface area contributed by atoms with Crippen LogP contribution in [0, 0.1) is 29.6 Å². The van der Waals surface area contributed by atoms with Crippen LogP contribution in [0.25, 0.3) is 0 Å². The van der Waals surface area contributed by atoms with Crippen LogP contribution in [-0.4, -0.2) is 103 Å². The van der Waals surface area contributed by atoms with Crippen LogP contribution in [0.1, 0.15) is 103 Å². The molecule has 9 atom stereocenters. The molecular formula is C43H68N4O6S. The smallest absolute Gasteiger partial charge is 0.226 e. The highest BCUT2D eigenvalue weighted by Crippen LogP contribution is 2.33. The predicted molar refractivity (Wildman–Crippen MR) is 216 cm³/mol. The number of hydrogen-bond donors (Lipinski definition) is 1. The van der Waals surface area contributed by atoms with Crippen LogP contribution < -0.4 is 5.32 Å². The van der Waals surface area contributed by atoms with Crippen LogP contribution in [0.4, 0.5) is 0 Å². The van der Waals surface area contributed by atoms with Gasteiger partial charge >= 0.3 is 0 Å². The van der Waals surface area contributed by atoms with Crippen molar-refractivity contribution in [2.75, 3.05) is 34.9 Å². The number of aromatic nitrogens is 1. The van der Waals surface area contributed by atoms with Gasteiger partial charge in [-0.2, -0.15) is 0 Å². The van der Waals surface area contributed by atoms with Crippen LogP contribution in [0.2, 0.25) is 0 Å². The maximum Gasteiger partial charge on any atom is 0.226 e. The lowest BCUT2D eigenvalue weighted by atomic mass is 9.84. The molecule has 0 aliphatic carbocycles. The first-order valence-corrected chi connectivity index (χ1v) is 20.9. The van der Waals surface area contributed by atoms with Crippen molar-refractivity contribution in [3.05, 3.63) is 52.5 Å². The van der Waals surface area contributed by atoms with E-state index >= 15 is 0 Å². The summed E-state index contributed by atoms with van der Waals surface area (Å²) in [6.07, 6.45) is 4.37. The minimum absolute atomic E-state index is 0.0290. The molecule has 2 aromatic rings. The molecule has 1 aliphatic heterocycles. The summed E-state index contributed by atoms with van der Waals surface area (Å²) >= 11 is 1.57. The number of Topliss-reactive ketones (excluding diaryl/α,β-unsaturated/α-hetero) is 2. The van der Waals surface area contributed by atoms with Crippen molar-refractivity contribution < 1.29 is 28.7 Å². The number of benzene rings is 1. The zero-order chi connectivity index (χ0) is 40.1. The first kappa shape index (κ1) is 45.4. The average Bonchev–Trinajstić information content (AvgIpc) is 3.87. The third kappa shape index (κ3) is 11.8. The molecule has 3 rings (SSSR count). The van der Waals surface area contributed by atoms with E-state index in [0.29, 0.717) is 19.4 Å². The Morgan fingerprint density at radius 2 is 1.65 bits per heavy atom. The van der Waals surface area contributed by atoms with Gasteiger partial charge in [0.1, 0.15) is 5.78 Å². The van der Waals surface area contributed by atoms with Gasteiger partial charge in [-0.15, -0.1) is 11.3 Å². The lowest BCUT2D eigenvalue weighted by molar-refractivity contribution is -0.149. The van der Waals surface area contributed by atoms with Crippen molar-refractivity contribution in [3.8, 4) is 0 Å². The summed E-state index contributed by atoms with van der Waals surface area (Å²) in [6, 6.07) is 9.21. The van der Waals surface area contributed by atoms with E-state index in [9.17, 15) is 19.2 Å². The maximum atomic E-state index is 14.3. The summed E-state index contributed by atoms with van der Waals surface area (Å²) in [5, 5.41) is 6.02. The van der Waals surface area contributed by atoms with Crippen molar-refractivity contribution >= 4 is 34.7 Å². The second kappa shape index (κ2) is 21.9. The van der Waals surface area contributed by atoms with Gasteiger partial charge in [0.2, 0.25) is 11.8 Å². The number of thiazole rings is 1. The van der Waals surface area contributed by atoms with Gasteiger partial charge in [0.15, 0.2) is 5.78 Å². The molecule has 54 heavy (non-hydrogen) atoms. The fourth-order valence-electron chi connectivity index (χ4n) is 8.43. The second-order valence-corrected chi connectivity index (χ2v) is 17.0. The number of ketones is 2. The molecule has 10 nitrogen and oxygen atoms in total. The molecule has 0 spiro atoms.